The third kappa shape index (κ3) is 2.57. The minimum atomic E-state index is 0.0247. The van der Waals surface area contributed by atoms with Crippen molar-refractivity contribution < 1.29 is 4.79 Å². The molecule has 1 saturated heterocycles. The molecule has 0 unspecified atom stereocenters. The molecule has 5 nitrogen and oxygen atoms in total. The van der Waals surface area contributed by atoms with Crippen molar-refractivity contribution in [3.8, 4) is 0 Å². The number of likely N-dealkylation sites (N-methyl/N-ethyl adjacent to an activating group) is 1. The Morgan fingerprint density at radius 1 is 1.29 bits per heavy atom. The number of H-pyrrole nitrogens is 1. The van der Waals surface area contributed by atoms with Gasteiger partial charge in [0.2, 0.25) is 5.91 Å². The van der Waals surface area contributed by atoms with Gasteiger partial charge in [-0.3, -0.25) is 9.78 Å². The van der Waals surface area contributed by atoms with E-state index in [0.29, 0.717) is 6.42 Å². The third-order valence-corrected chi connectivity index (χ3v) is 4.85. The van der Waals surface area contributed by atoms with Crippen LogP contribution < -0.4 is 5.32 Å². The summed E-state index contributed by atoms with van der Waals surface area (Å²) in [7, 11) is 1.87. The number of nitrogens with one attached hydrogen (secondary N) is 2. The lowest BCUT2D eigenvalue weighted by Gasteiger charge is -2.26. The molecule has 1 fully saturated rings. The van der Waals surface area contributed by atoms with Crippen LogP contribution in [0.5, 0.6) is 0 Å². The summed E-state index contributed by atoms with van der Waals surface area (Å²) in [5.74, 6) is 0.168. The monoisotopic (exact) mass is 320 g/mol. The number of pyridine rings is 1. The highest BCUT2D eigenvalue weighted by molar-refractivity contribution is 5.83. The first-order chi connectivity index (χ1) is 11.7. The highest BCUT2D eigenvalue weighted by atomic mass is 16.2. The quantitative estimate of drug-likeness (QED) is 0.777. The summed E-state index contributed by atoms with van der Waals surface area (Å²) in [4.78, 5) is 21.5. The number of hydrogen-bond donors (Lipinski definition) is 2. The summed E-state index contributed by atoms with van der Waals surface area (Å²) >= 11 is 0. The van der Waals surface area contributed by atoms with Gasteiger partial charge in [0.05, 0.1) is 6.04 Å². The van der Waals surface area contributed by atoms with Crippen molar-refractivity contribution >= 4 is 16.8 Å². The number of likely N-dealkylation sites (tertiary alicyclic amines) is 1. The Morgan fingerprint density at radius 3 is 3.04 bits per heavy atom. The first-order valence-corrected chi connectivity index (χ1v) is 8.18. The van der Waals surface area contributed by atoms with Crippen molar-refractivity contribution in [3.63, 3.8) is 0 Å². The molecule has 2 aromatic heterocycles. The number of aromatic nitrogens is 2. The van der Waals surface area contributed by atoms with E-state index >= 15 is 0 Å². The van der Waals surface area contributed by atoms with Crippen molar-refractivity contribution in [2.75, 3.05) is 7.05 Å². The summed E-state index contributed by atoms with van der Waals surface area (Å²) in [6.07, 6.45) is 6.08. The molecule has 24 heavy (non-hydrogen) atoms. The predicted octanol–water partition coefficient (Wildman–Crippen LogP) is 2.62. The highest BCUT2D eigenvalue weighted by Gasteiger charge is 2.38. The molecule has 3 aromatic rings. The topological polar surface area (TPSA) is 61.0 Å². The van der Waals surface area contributed by atoms with Crippen LogP contribution in [0.25, 0.3) is 10.9 Å². The molecule has 1 aromatic carbocycles. The van der Waals surface area contributed by atoms with Crippen LogP contribution in [0.2, 0.25) is 0 Å². The highest BCUT2D eigenvalue weighted by Crippen LogP contribution is 2.31. The molecular formula is C19H20N4O. The van der Waals surface area contributed by atoms with Crippen LogP contribution in [-0.4, -0.2) is 33.9 Å². The third-order valence-electron chi connectivity index (χ3n) is 4.85. The van der Waals surface area contributed by atoms with Gasteiger partial charge in [-0.25, -0.2) is 0 Å². The number of aromatic amines is 1. The van der Waals surface area contributed by atoms with Crippen molar-refractivity contribution in [1.29, 1.82) is 0 Å². The van der Waals surface area contributed by atoms with Gasteiger partial charge in [0.15, 0.2) is 0 Å². The minimum Gasteiger partial charge on any atom is -0.361 e. The van der Waals surface area contributed by atoms with E-state index in [0.717, 1.165) is 17.6 Å². The average molecular weight is 320 g/mol. The first-order valence-electron chi connectivity index (χ1n) is 8.18. The number of carbonyl (C=O) groups excluding carboxylic acids is 1. The summed E-state index contributed by atoms with van der Waals surface area (Å²) in [6, 6.07) is 12.4. The molecule has 0 aliphatic carbocycles. The SMILES string of the molecule is CN1C(=O)C[C@@H](NCc2cccc3[nH]ccc23)[C@@H]1c1cccnc1. The number of nitrogens with zero attached hydrogens (tertiary/aromatic N) is 2. The molecule has 2 atom stereocenters. The molecule has 3 heterocycles. The molecule has 0 spiro atoms. The smallest absolute Gasteiger partial charge is 0.224 e. The number of benzene rings is 1. The van der Waals surface area contributed by atoms with Crippen LogP contribution in [0, 0.1) is 0 Å². The van der Waals surface area contributed by atoms with Crippen LogP contribution in [0.15, 0.2) is 55.0 Å². The van der Waals surface area contributed by atoms with Gasteiger partial charge in [-0.2, -0.15) is 0 Å². The maximum Gasteiger partial charge on any atom is 0.224 e. The Morgan fingerprint density at radius 2 is 2.21 bits per heavy atom. The number of rotatable bonds is 4. The molecule has 0 bridgehead atoms. The van der Waals surface area contributed by atoms with E-state index in [1.54, 1.807) is 6.20 Å². The van der Waals surface area contributed by atoms with Gasteiger partial charge < -0.3 is 15.2 Å². The lowest BCUT2D eigenvalue weighted by atomic mass is 10.0. The first kappa shape index (κ1) is 14.9. The molecule has 1 aliphatic rings. The molecule has 1 amide bonds. The van der Waals surface area contributed by atoms with Crippen molar-refractivity contribution in [1.82, 2.24) is 20.2 Å². The van der Waals surface area contributed by atoms with E-state index in [2.05, 4.69) is 39.6 Å². The van der Waals surface area contributed by atoms with Crippen LogP contribution in [0.3, 0.4) is 0 Å². The van der Waals surface area contributed by atoms with Crippen LogP contribution in [-0.2, 0) is 11.3 Å². The van der Waals surface area contributed by atoms with E-state index in [-0.39, 0.29) is 18.0 Å². The lowest BCUT2D eigenvalue weighted by Crippen LogP contribution is -2.34. The largest absolute Gasteiger partial charge is 0.361 e. The summed E-state index contributed by atoms with van der Waals surface area (Å²) in [5, 5.41) is 4.81. The summed E-state index contributed by atoms with van der Waals surface area (Å²) in [5.41, 5.74) is 3.45. The number of carbonyl (C=O) groups is 1. The van der Waals surface area contributed by atoms with Gasteiger partial charge >= 0.3 is 0 Å². The zero-order chi connectivity index (χ0) is 16.5. The fourth-order valence-electron chi connectivity index (χ4n) is 3.61. The Kier molecular flexibility index (Phi) is 3.78. The van der Waals surface area contributed by atoms with Crippen LogP contribution in [0.1, 0.15) is 23.6 Å². The van der Waals surface area contributed by atoms with E-state index in [9.17, 15) is 4.79 Å². The molecule has 0 saturated carbocycles. The predicted molar refractivity (Wildman–Crippen MR) is 93.3 cm³/mol. The Bertz CT molecular complexity index is 858. The summed E-state index contributed by atoms with van der Waals surface area (Å²) in [6.45, 7) is 0.734. The molecule has 1 aliphatic heterocycles. The maximum atomic E-state index is 12.2. The van der Waals surface area contributed by atoms with E-state index in [1.807, 2.05) is 36.5 Å². The molecule has 5 heteroatoms. The van der Waals surface area contributed by atoms with Crippen molar-refractivity contribution in [2.24, 2.45) is 0 Å². The summed E-state index contributed by atoms with van der Waals surface area (Å²) < 4.78 is 0. The van der Waals surface area contributed by atoms with Gasteiger partial charge in [0, 0.05) is 55.5 Å². The van der Waals surface area contributed by atoms with Crippen LogP contribution >= 0.6 is 0 Å². The van der Waals surface area contributed by atoms with Crippen LogP contribution in [0.4, 0.5) is 0 Å². The Balaban J connectivity index is 1.56. The maximum absolute atomic E-state index is 12.2. The second kappa shape index (κ2) is 6.09. The fourth-order valence-corrected chi connectivity index (χ4v) is 3.61. The normalized spacial score (nSPS) is 20.9. The van der Waals surface area contributed by atoms with Gasteiger partial charge in [-0.05, 0) is 29.3 Å². The number of amides is 1. The molecule has 2 N–H and O–H groups in total. The van der Waals surface area contributed by atoms with E-state index in [4.69, 9.17) is 0 Å². The fraction of sp³-hybridized carbons (Fsp3) is 0.263. The second-order valence-electron chi connectivity index (χ2n) is 6.28. The van der Waals surface area contributed by atoms with E-state index in [1.165, 1.54) is 10.9 Å². The molecule has 122 valence electrons. The minimum absolute atomic E-state index is 0.0247. The zero-order valence-corrected chi connectivity index (χ0v) is 13.6. The van der Waals surface area contributed by atoms with Crippen molar-refractivity contribution in [2.45, 2.75) is 25.0 Å². The lowest BCUT2D eigenvalue weighted by molar-refractivity contribution is -0.127. The molecular weight excluding hydrogens is 300 g/mol. The van der Waals surface area contributed by atoms with Gasteiger partial charge in [0.25, 0.3) is 0 Å². The van der Waals surface area contributed by atoms with E-state index < -0.39 is 0 Å². The Hall–Kier alpha value is -2.66. The zero-order valence-electron chi connectivity index (χ0n) is 13.6. The van der Waals surface area contributed by atoms with Gasteiger partial charge in [-0.15, -0.1) is 0 Å². The number of fused-ring (bicyclic) bond motifs is 1. The number of hydrogen-bond acceptors (Lipinski definition) is 3. The molecule has 0 radical (unpaired) electrons. The standard InChI is InChI=1S/C19H20N4O/c1-23-18(24)10-17(19(23)14-5-3-8-20-11-14)22-12-13-4-2-6-16-15(13)7-9-21-16/h2-9,11,17,19,21-22H,10,12H2,1H3/t17-,19+/m1/s1. The average Bonchev–Trinajstić information content (AvgIpc) is 3.19. The van der Waals surface area contributed by atoms with Gasteiger partial charge in [-0.1, -0.05) is 18.2 Å². The Labute approximate surface area is 140 Å². The molecule has 4 rings (SSSR count). The van der Waals surface area contributed by atoms with Gasteiger partial charge in [0.1, 0.15) is 0 Å². The second-order valence-corrected chi connectivity index (χ2v) is 6.28. The van der Waals surface area contributed by atoms with Crippen molar-refractivity contribution in [3.05, 3.63) is 66.1 Å².